The molecule has 13 rings (SSSR count). The highest BCUT2D eigenvalue weighted by atomic mass is 16.6. The molecule has 11 aliphatic carbocycles. The van der Waals surface area contributed by atoms with E-state index in [0.717, 1.165) is 98.0 Å². The Kier molecular flexibility index (Phi) is 32.1. The van der Waals surface area contributed by atoms with E-state index in [4.69, 9.17) is 23.7 Å². The normalized spacial score (nSPS) is 24.3. The first-order valence-corrected chi connectivity index (χ1v) is 43.2. The lowest BCUT2D eigenvalue weighted by molar-refractivity contribution is -0.138. The lowest BCUT2D eigenvalue weighted by Gasteiger charge is -2.56. The van der Waals surface area contributed by atoms with Gasteiger partial charge >= 0.3 is 30.5 Å². The SMILES string of the molecule is CC(C)(OC(=O)N(C1CCCCC1)C1CCCCC1)c1ccccc1.CCC(CC)(CC)OC(=O)N(CCc1ccccc1)C(=O)OC(CC)(CC)CC.CCC1(OC(=O)N(C2CCCCC2)C2CCCCC2)CCCC1.O=C(OC12CC3CC(CC(C3)C1)C2)N(C1CCCCC1)C1CCCCC1. The van der Waals surface area contributed by atoms with Crippen molar-refractivity contribution in [3.05, 3.63) is 71.8 Å². The molecule has 2 aromatic carbocycles. The summed E-state index contributed by atoms with van der Waals surface area (Å²) in [4.78, 5) is 73.8. The van der Waals surface area contributed by atoms with Crippen LogP contribution in [-0.2, 0) is 35.7 Å². The van der Waals surface area contributed by atoms with Crippen LogP contribution >= 0.6 is 0 Å². The van der Waals surface area contributed by atoms with Crippen molar-refractivity contribution < 1.29 is 47.7 Å². The largest absolute Gasteiger partial charge is 0.443 e. The summed E-state index contributed by atoms with van der Waals surface area (Å²) in [6.45, 7) is 18.4. The van der Waals surface area contributed by atoms with Gasteiger partial charge in [-0.2, -0.15) is 0 Å². The number of ether oxygens (including phenoxy) is 5. The minimum Gasteiger partial charge on any atom is -0.443 e. The maximum Gasteiger partial charge on any atom is 0.419 e. The maximum absolute atomic E-state index is 13.5. The standard InChI is InChI=1S/C24H39NO4.C23H37NO2.C22H33NO2.C20H35NO2/c1-7-23(8-2,9-3)28-21(26)25(19-18-20-16-14-13-15-17-20)22(27)29-24(10-4,11-5)12-6;25-22(26-23-14-17-11-18(15-23)13-19(12-17)16-23)24(20-7-3-1-4-8-20)21-9-5-2-6-10-21;1-22(2,18-12-6-3-7-13-18)25-21(24)23(19-14-8-4-9-15-19)20-16-10-5-11-17-20;1-2-20(15-9-10-16-20)23-19(22)21(17-11-5-3-6-12-17)18-13-7-4-8-14-18/h13-17H,7-12,18-19H2,1-6H3;17-21H,1-16H2;3,6-7,12-13,19-20H,4-5,8-11,14-17H2,1-2H3;17-18H,2-16H2,1H3. The zero-order valence-electron chi connectivity index (χ0n) is 66.5. The van der Waals surface area contributed by atoms with Crippen LogP contribution in [0.3, 0.4) is 0 Å². The Labute approximate surface area is 625 Å². The van der Waals surface area contributed by atoms with E-state index in [0.29, 0.717) is 81.2 Å². The lowest BCUT2D eigenvalue weighted by Crippen LogP contribution is -2.56. The number of carbonyl (C=O) groups is 5. The van der Waals surface area contributed by atoms with Crippen molar-refractivity contribution in [3.63, 3.8) is 0 Å². The first kappa shape index (κ1) is 82.1. The molecule has 14 nitrogen and oxygen atoms in total. The Morgan fingerprint density at radius 1 is 0.379 bits per heavy atom. The molecule has 0 aromatic heterocycles. The van der Waals surface area contributed by atoms with Crippen molar-refractivity contribution in [2.45, 2.75) is 435 Å². The molecular weight excluding hydrogens is 1280 g/mol. The number of benzene rings is 2. The van der Waals surface area contributed by atoms with Crippen molar-refractivity contribution in [1.29, 1.82) is 0 Å². The molecule has 0 radical (unpaired) electrons. The van der Waals surface area contributed by atoms with Crippen molar-refractivity contribution in [3.8, 4) is 0 Å². The Morgan fingerprint density at radius 2 is 0.689 bits per heavy atom. The smallest absolute Gasteiger partial charge is 0.419 e. The molecule has 0 unspecified atom stereocenters. The van der Waals surface area contributed by atoms with Gasteiger partial charge in [-0.25, -0.2) is 28.9 Å². The molecule has 580 valence electrons. The Hall–Kier alpha value is -5.01. The molecule has 0 aliphatic heterocycles. The summed E-state index contributed by atoms with van der Waals surface area (Å²) < 4.78 is 30.5. The summed E-state index contributed by atoms with van der Waals surface area (Å²) in [6, 6.07) is 22.4. The van der Waals surface area contributed by atoms with E-state index in [-0.39, 0.29) is 36.0 Å². The third-order valence-corrected chi connectivity index (χ3v) is 27.4. The molecule has 0 atom stereocenters. The van der Waals surface area contributed by atoms with Gasteiger partial charge in [0.1, 0.15) is 28.0 Å². The number of rotatable bonds is 22. The maximum atomic E-state index is 13.5. The van der Waals surface area contributed by atoms with Gasteiger partial charge in [-0.15, -0.1) is 0 Å². The minimum atomic E-state index is -0.617. The number of hydrogen-bond acceptors (Lipinski definition) is 10. The second-order valence-corrected chi connectivity index (χ2v) is 34.4. The van der Waals surface area contributed by atoms with Gasteiger partial charge in [0.15, 0.2) is 0 Å². The van der Waals surface area contributed by atoms with Gasteiger partial charge in [-0.1, -0.05) is 225 Å². The Bertz CT molecular complexity index is 2680. The third kappa shape index (κ3) is 22.8. The molecule has 103 heavy (non-hydrogen) atoms. The van der Waals surface area contributed by atoms with E-state index in [1.165, 1.54) is 199 Å². The molecule has 4 bridgehead atoms. The van der Waals surface area contributed by atoms with Crippen molar-refractivity contribution in [1.82, 2.24) is 19.6 Å². The van der Waals surface area contributed by atoms with Crippen LogP contribution in [0.2, 0.25) is 0 Å². The molecule has 0 N–H and O–H groups in total. The second-order valence-electron chi connectivity index (χ2n) is 34.4. The summed E-state index contributed by atoms with van der Waals surface area (Å²) in [5.41, 5.74) is 0.153. The number of hydrogen-bond donors (Lipinski definition) is 0. The van der Waals surface area contributed by atoms with Crippen LogP contribution in [0.1, 0.15) is 375 Å². The minimum absolute atomic E-state index is 0.0209. The first-order valence-electron chi connectivity index (χ1n) is 43.2. The molecule has 0 heterocycles. The molecule has 5 amide bonds. The van der Waals surface area contributed by atoms with E-state index in [1.807, 2.05) is 116 Å². The second kappa shape index (κ2) is 40.3. The topological polar surface area (TPSA) is 144 Å². The van der Waals surface area contributed by atoms with E-state index in [1.54, 1.807) is 0 Å². The van der Waals surface area contributed by atoms with Crippen LogP contribution in [-0.4, -0.2) is 115 Å². The number of amides is 5. The van der Waals surface area contributed by atoms with Gasteiger partial charge < -0.3 is 38.4 Å². The monoisotopic (exact) mass is 1430 g/mol. The molecule has 2 aromatic rings. The summed E-state index contributed by atoms with van der Waals surface area (Å²) in [5, 5.41) is 0. The predicted molar refractivity (Wildman–Crippen MR) is 415 cm³/mol. The van der Waals surface area contributed by atoms with Gasteiger partial charge in [0.25, 0.3) is 0 Å². The summed E-state index contributed by atoms with van der Waals surface area (Å²) >= 11 is 0. The van der Waals surface area contributed by atoms with Crippen molar-refractivity contribution in [2.24, 2.45) is 17.8 Å². The molecular formula is C89H144N4O10. The van der Waals surface area contributed by atoms with Gasteiger partial charge in [-0.3, -0.25) is 0 Å². The molecule has 14 heteroatoms. The quantitative estimate of drug-likeness (QED) is 0.104. The zero-order valence-corrected chi connectivity index (χ0v) is 66.5. The molecule has 11 aliphatic rings. The first-order chi connectivity index (χ1) is 49.9. The van der Waals surface area contributed by atoms with Crippen LogP contribution in [0.15, 0.2) is 60.7 Å². The van der Waals surface area contributed by atoms with Crippen LogP contribution in [0.25, 0.3) is 0 Å². The highest BCUT2D eigenvalue weighted by Gasteiger charge is 2.54. The van der Waals surface area contributed by atoms with E-state index >= 15 is 0 Å². The van der Waals surface area contributed by atoms with Crippen LogP contribution in [0, 0.1) is 17.8 Å². The van der Waals surface area contributed by atoms with Gasteiger partial charge in [0, 0.05) is 42.8 Å². The highest BCUT2D eigenvalue weighted by molar-refractivity contribution is 5.88. The Morgan fingerprint density at radius 3 is 1.01 bits per heavy atom. The van der Waals surface area contributed by atoms with Crippen LogP contribution < -0.4 is 0 Å². The number of nitrogens with zero attached hydrogens (tertiary/aromatic N) is 4. The molecule has 0 saturated heterocycles. The van der Waals surface area contributed by atoms with E-state index < -0.39 is 29.0 Å². The average Bonchev–Trinajstić information content (AvgIpc) is 0.843. The highest BCUT2D eigenvalue weighted by Crippen LogP contribution is 2.57. The van der Waals surface area contributed by atoms with Crippen LogP contribution in [0.5, 0.6) is 0 Å². The van der Waals surface area contributed by atoms with Gasteiger partial charge in [0.05, 0.1) is 0 Å². The third-order valence-electron chi connectivity index (χ3n) is 27.4. The van der Waals surface area contributed by atoms with E-state index in [2.05, 4.69) is 21.6 Å². The van der Waals surface area contributed by atoms with Crippen molar-refractivity contribution in [2.75, 3.05) is 6.54 Å². The summed E-state index contributed by atoms with van der Waals surface area (Å²) in [7, 11) is 0. The fourth-order valence-electron chi connectivity index (χ4n) is 20.8. The van der Waals surface area contributed by atoms with Crippen molar-refractivity contribution >= 4 is 30.5 Å². The Balaban J connectivity index is 0.000000160. The van der Waals surface area contributed by atoms with Gasteiger partial charge in [-0.05, 0) is 235 Å². The predicted octanol–water partition coefficient (Wildman–Crippen LogP) is 24.6. The fourth-order valence-corrected chi connectivity index (χ4v) is 20.8. The fraction of sp³-hybridized carbons (Fsp3) is 0.809. The molecule has 11 fully saturated rings. The summed E-state index contributed by atoms with van der Waals surface area (Å²) in [6.07, 6.45) is 54.1. The zero-order chi connectivity index (χ0) is 73.3. The summed E-state index contributed by atoms with van der Waals surface area (Å²) in [5.74, 6) is 2.52. The number of imide groups is 1. The molecule has 0 spiro atoms. The average molecular weight is 1430 g/mol. The van der Waals surface area contributed by atoms with Gasteiger partial charge in [0.2, 0.25) is 0 Å². The molecule has 11 saturated carbocycles. The van der Waals surface area contributed by atoms with E-state index in [9.17, 15) is 24.0 Å². The van der Waals surface area contributed by atoms with Crippen LogP contribution in [0.4, 0.5) is 24.0 Å². The number of carbonyl (C=O) groups excluding carboxylic acids is 5. The lowest BCUT2D eigenvalue weighted by atomic mass is 9.54.